The van der Waals surface area contributed by atoms with Crippen molar-refractivity contribution >= 4 is 23.6 Å². The Hall–Kier alpha value is -2.77. The maximum Gasteiger partial charge on any atom is 0.325 e. The fraction of sp³-hybridized carbons (Fsp3) is 0.400. The Morgan fingerprint density at radius 3 is 2.30 bits per heavy atom. The van der Waals surface area contributed by atoms with Crippen LogP contribution in [0.4, 0.5) is 10.5 Å². The molecule has 3 amide bonds. The van der Waals surface area contributed by atoms with E-state index in [1.54, 1.807) is 18.2 Å². The standard InChI is InChI=1S/C15H20N2O6/c1-4-21-12-7-6-11(8-13(12)22-5-2)16-15(20)17-14(19)9-23-10(3)18/h6-8H,4-5,9H2,1-3H3,(H2,16,17,19,20). The fourth-order valence-electron chi connectivity index (χ4n) is 1.62. The summed E-state index contributed by atoms with van der Waals surface area (Å²) in [7, 11) is 0. The summed E-state index contributed by atoms with van der Waals surface area (Å²) in [5.74, 6) is -0.285. The van der Waals surface area contributed by atoms with Gasteiger partial charge in [-0.2, -0.15) is 0 Å². The molecule has 0 fully saturated rings. The van der Waals surface area contributed by atoms with Crippen LogP contribution in [0.2, 0.25) is 0 Å². The zero-order chi connectivity index (χ0) is 17.2. The third-order valence-electron chi connectivity index (χ3n) is 2.46. The van der Waals surface area contributed by atoms with Gasteiger partial charge in [-0.15, -0.1) is 0 Å². The van der Waals surface area contributed by atoms with Gasteiger partial charge in [0.25, 0.3) is 5.91 Å². The topological polar surface area (TPSA) is 103 Å². The van der Waals surface area contributed by atoms with Gasteiger partial charge in [0.15, 0.2) is 18.1 Å². The molecule has 0 aliphatic carbocycles. The summed E-state index contributed by atoms with van der Waals surface area (Å²) in [5.41, 5.74) is 0.426. The average molecular weight is 324 g/mol. The summed E-state index contributed by atoms with van der Waals surface area (Å²) < 4.78 is 15.3. The molecule has 126 valence electrons. The van der Waals surface area contributed by atoms with Crippen molar-refractivity contribution in [3.05, 3.63) is 18.2 Å². The Morgan fingerprint density at radius 2 is 1.70 bits per heavy atom. The summed E-state index contributed by atoms with van der Waals surface area (Å²) in [6.07, 6.45) is 0. The van der Waals surface area contributed by atoms with Crippen LogP contribution in [0.3, 0.4) is 0 Å². The van der Waals surface area contributed by atoms with Gasteiger partial charge in [0, 0.05) is 18.7 Å². The molecule has 2 N–H and O–H groups in total. The Labute approximate surface area is 134 Å². The molecule has 0 spiro atoms. The molecule has 0 aliphatic rings. The SMILES string of the molecule is CCOc1ccc(NC(=O)NC(=O)COC(C)=O)cc1OCC. The number of hydrogen-bond donors (Lipinski definition) is 2. The summed E-state index contributed by atoms with van der Waals surface area (Å²) in [6.45, 7) is 5.26. The van der Waals surface area contributed by atoms with E-state index in [9.17, 15) is 14.4 Å². The second-order valence-electron chi connectivity index (χ2n) is 4.31. The lowest BCUT2D eigenvalue weighted by atomic mass is 10.2. The number of carbonyl (C=O) groups excluding carboxylic acids is 3. The number of imide groups is 1. The van der Waals surface area contributed by atoms with Crippen molar-refractivity contribution in [1.82, 2.24) is 5.32 Å². The lowest BCUT2D eigenvalue weighted by molar-refractivity contribution is -0.146. The number of hydrogen-bond acceptors (Lipinski definition) is 6. The van der Waals surface area contributed by atoms with Gasteiger partial charge in [0.05, 0.1) is 13.2 Å². The molecule has 0 heterocycles. The second-order valence-corrected chi connectivity index (χ2v) is 4.31. The predicted octanol–water partition coefficient (Wildman–Crippen LogP) is 1.70. The van der Waals surface area contributed by atoms with Gasteiger partial charge in [-0.05, 0) is 26.0 Å². The van der Waals surface area contributed by atoms with Crippen LogP contribution in [0, 0.1) is 0 Å². The normalized spacial score (nSPS) is 9.70. The molecule has 0 radical (unpaired) electrons. The third-order valence-corrected chi connectivity index (χ3v) is 2.46. The molecule has 8 nitrogen and oxygen atoms in total. The van der Waals surface area contributed by atoms with Gasteiger partial charge in [-0.3, -0.25) is 14.9 Å². The van der Waals surface area contributed by atoms with Gasteiger partial charge in [-0.1, -0.05) is 0 Å². The zero-order valence-electron chi connectivity index (χ0n) is 13.3. The summed E-state index contributed by atoms with van der Waals surface area (Å²) in [6, 6.07) is 4.12. The van der Waals surface area contributed by atoms with Crippen molar-refractivity contribution in [3.8, 4) is 11.5 Å². The van der Waals surface area contributed by atoms with Gasteiger partial charge in [-0.25, -0.2) is 4.79 Å². The Morgan fingerprint density at radius 1 is 1.04 bits per heavy atom. The number of rotatable bonds is 7. The number of nitrogens with one attached hydrogen (secondary N) is 2. The first-order valence-electron chi connectivity index (χ1n) is 7.10. The van der Waals surface area contributed by atoms with Crippen LogP contribution in [-0.2, 0) is 14.3 Å². The van der Waals surface area contributed by atoms with E-state index in [-0.39, 0.29) is 0 Å². The molecule has 0 bridgehead atoms. The number of carbonyl (C=O) groups is 3. The molecule has 23 heavy (non-hydrogen) atoms. The summed E-state index contributed by atoms with van der Waals surface area (Å²) in [5, 5.41) is 4.52. The highest BCUT2D eigenvalue weighted by Crippen LogP contribution is 2.30. The van der Waals surface area contributed by atoms with Gasteiger partial charge in [0.2, 0.25) is 0 Å². The van der Waals surface area contributed by atoms with Crippen molar-refractivity contribution < 1.29 is 28.6 Å². The first-order valence-corrected chi connectivity index (χ1v) is 7.10. The van der Waals surface area contributed by atoms with E-state index < -0.39 is 24.5 Å². The lowest BCUT2D eigenvalue weighted by Crippen LogP contribution is -2.37. The molecule has 0 saturated carbocycles. The molecule has 0 aliphatic heterocycles. The van der Waals surface area contributed by atoms with Gasteiger partial charge in [0.1, 0.15) is 0 Å². The van der Waals surface area contributed by atoms with Crippen molar-refractivity contribution in [2.24, 2.45) is 0 Å². The molecule has 1 aromatic carbocycles. The highest BCUT2D eigenvalue weighted by atomic mass is 16.5. The maximum absolute atomic E-state index is 11.7. The molecule has 0 saturated heterocycles. The van der Waals surface area contributed by atoms with Crippen molar-refractivity contribution in [1.29, 1.82) is 0 Å². The number of urea groups is 1. The van der Waals surface area contributed by atoms with Gasteiger partial charge < -0.3 is 19.5 Å². The minimum atomic E-state index is -0.742. The van der Waals surface area contributed by atoms with E-state index in [1.807, 2.05) is 19.2 Å². The number of anilines is 1. The molecule has 0 unspecified atom stereocenters. The minimum Gasteiger partial charge on any atom is -0.490 e. The first-order chi connectivity index (χ1) is 11.0. The summed E-state index contributed by atoms with van der Waals surface area (Å²) in [4.78, 5) is 33.6. The van der Waals surface area contributed by atoms with Crippen LogP contribution in [-0.4, -0.2) is 37.7 Å². The van der Waals surface area contributed by atoms with Crippen LogP contribution >= 0.6 is 0 Å². The van der Waals surface area contributed by atoms with Crippen LogP contribution in [0.1, 0.15) is 20.8 Å². The third kappa shape index (κ3) is 6.68. The number of ether oxygens (including phenoxy) is 3. The first kappa shape index (κ1) is 18.3. The molecular formula is C15H20N2O6. The highest BCUT2D eigenvalue weighted by Gasteiger charge is 2.11. The van der Waals surface area contributed by atoms with Crippen molar-refractivity contribution in [3.63, 3.8) is 0 Å². The van der Waals surface area contributed by atoms with Crippen LogP contribution in [0.5, 0.6) is 11.5 Å². The lowest BCUT2D eigenvalue weighted by Gasteiger charge is -2.13. The van der Waals surface area contributed by atoms with Gasteiger partial charge >= 0.3 is 12.0 Å². The van der Waals surface area contributed by atoms with E-state index in [2.05, 4.69) is 10.1 Å². The molecule has 1 aromatic rings. The second kappa shape index (κ2) is 9.29. The van der Waals surface area contributed by atoms with Crippen LogP contribution < -0.4 is 20.1 Å². The molecule has 0 atom stereocenters. The van der Waals surface area contributed by atoms with E-state index >= 15 is 0 Å². The minimum absolute atomic E-state index is 0.426. The Kier molecular flexibility index (Phi) is 7.38. The van der Waals surface area contributed by atoms with E-state index in [0.717, 1.165) is 0 Å². The quantitative estimate of drug-likeness (QED) is 0.740. The number of esters is 1. The van der Waals surface area contributed by atoms with E-state index in [4.69, 9.17) is 9.47 Å². The smallest absolute Gasteiger partial charge is 0.325 e. The average Bonchev–Trinajstić information content (AvgIpc) is 2.48. The largest absolute Gasteiger partial charge is 0.490 e. The molecule has 8 heteroatoms. The molecule has 1 rings (SSSR count). The zero-order valence-corrected chi connectivity index (χ0v) is 13.3. The van der Waals surface area contributed by atoms with Crippen LogP contribution in [0.15, 0.2) is 18.2 Å². The molecular weight excluding hydrogens is 304 g/mol. The number of amides is 3. The van der Waals surface area contributed by atoms with E-state index in [0.29, 0.717) is 30.4 Å². The highest BCUT2D eigenvalue weighted by molar-refractivity contribution is 6.01. The fourth-order valence-corrected chi connectivity index (χ4v) is 1.62. The Balaban J connectivity index is 2.65. The van der Waals surface area contributed by atoms with Crippen molar-refractivity contribution in [2.75, 3.05) is 25.1 Å². The van der Waals surface area contributed by atoms with Crippen molar-refractivity contribution in [2.45, 2.75) is 20.8 Å². The van der Waals surface area contributed by atoms with Crippen LogP contribution in [0.25, 0.3) is 0 Å². The maximum atomic E-state index is 11.7. The van der Waals surface area contributed by atoms with E-state index in [1.165, 1.54) is 6.92 Å². The molecule has 0 aromatic heterocycles. The monoisotopic (exact) mass is 324 g/mol. The summed E-state index contributed by atoms with van der Waals surface area (Å²) >= 11 is 0. The Bertz CT molecular complexity index is 573. The predicted molar refractivity (Wildman–Crippen MR) is 82.6 cm³/mol. The number of benzene rings is 1.